The van der Waals surface area contributed by atoms with E-state index in [1.807, 2.05) is 0 Å². The lowest BCUT2D eigenvalue weighted by molar-refractivity contribution is -0.141. The van der Waals surface area contributed by atoms with E-state index in [4.69, 9.17) is 10.8 Å². The van der Waals surface area contributed by atoms with Crippen LogP contribution in [0.2, 0.25) is 0 Å². The monoisotopic (exact) mass is 246 g/mol. The van der Waals surface area contributed by atoms with Gasteiger partial charge in [0.2, 0.25) is 0 Å². The lowest BCUT2D eigenvalue weighted by Gasteiger charge is -2.01. The second-order valence-corrected chi connectivity index (χ2v) is 3.18. The number of alkyl halides is 3. The molecule has 90 valence electrons. The van der Waals surface area contributed by atoms with Crippen molar-refractivity contribution in [3.63, 3.8) is 0 Å². The van der Waals surface area contributed by atoms with E-state index in [2.05, 4.69) is 10.1 Å². The van der Waals surface area contributed by atoms with Crippen molar-refractivity contribution in [1.82, 2.24) is 14.6 Å². The zero-order valence-electron chi connectivity index (χ0n) is 8.06. The molecule has 0 fully saturated rings. The number of aromatic nitrogens is 3. The Morgan fingerprint density at radius 1 is 1.47 bits per heavy atom. The van der Waals surface area contributed by atoms with Crippen molar-refractivity contribution < 1.29 is 23.1 Å². The van der Waals surface area contributed by atoms with Gasteiger partial charge in [0.15, 0.2) is 11.3 Å². The quantitative estimate of drug-likeness (QED) is 0.783. The van der Waals surface area contributed by atoms with Crippen molar-refractivity contribution in [3.8, 4) is 0 Å². The van der Waals surface area contributed by atoms with E-state index in [1.54, 1.807) is 0 Å². The Kier molecular flexibility index (Phi) is 2.19. The number of carbonyl (C=O) groups is 1. The molecular weight excluding hydrogens is 241 g/mol. The topological polar surface area (TPSA) is 93.5 Å². The first-order valence-corrected chi connectivity index (χ1v) is 4.25. The van der Waals surface area contributed by atoms with Gasteiger partial charge in [0.25, 0.3) is 0 Å². The third kappa shape index (κ3) is 1.75. The Morgan fingerprint density at radius 2 is 2.12 bits per heavy atom. The second-order valence-electron chi connectivity index (χ2n) is 3.18. The SMILES string of the molecule is Nc1cnc2c(C(=O)O)c(C(F)(F)F)nn2c1. The first kappa shape index (κ1) is 11.2. The van der Waals surface area contributed by atoms with Crippen molar-refractivity contribution >= 4 is 17.3 Å². The second kappa shape index (κ2) is 3.34. The summed E-state index contributed by atoms with van der Waals surface area (Å²) < 4.78 is 38.3. The highest BCUT2D eigenvalue weighted by atomic mass is 19.4. The van der Waals surface area contributed by atoms with Gasteiger partial charge in [-0.2, -0.15) is 18.3 Å². The van der Waals surface area contributed by atoms with Gasteiger partial charge >= 0.3 is 12.1 Å². The molecule has 3 N–H and O–H groups in total. The molecule has 6 nitrogen and oxygen atoms in total. The van der Waals surface area contributed by atoms with Crippen LogP contribution in [0.15, 0.2) is 12.4 Å². The number of nitrogens with zero attached hydrogens (tertiary/aromatic N) is 3. The molecule has 2 heterocycles. The Bertz CT molecular complexity index is 605. The molecule has 0 aliphatic carbocycles. The number of nitrogens with two attached hydrogens (primary N) is 1. The number of anilines is 1. The van der Waals surface area contributed by atoms with Gasteiger partial charge in [0.1, 0.15) is 5.56 Å². The van der Waals surface area contributed by atoms with Crippen molar-refractivity contribution in [1.29, 1.82) is 0 Å². The Hall–Kier alpha value is -2.32. The minimum atomic E-state index is -4.86. The predicted octanol–water partition coefficient (Wildman–Crippen LogP) is 1.03. The van der Waals surface area contributed by atoms with Crippen molar-refractivity contribution in [2.75, 3.05) is 5.73 Å². The lowest BCUT2D eigenvalue weighted by Crippen LogP contribution is -2.12. The fourth-order valence-electron chi connectivity index (χ4n) is 1.34. The molecule has 9 heteroatoms. The van der Waals surface area contributed by atoms with Crippen molar-refractivity contribution in [2.45, 2.75) is 6.18 Å². The Morgan fingerprint density at radius 3 is 2.65 bits per heavy atom. The van der Waals surface area contributed by atoms with E-state index in [9.17, 15) is 18.0 Å². The maximum absolute atomic E-state index is 12.5. The molecule has 2 rings (SSSR count). The molecule has 0 aliphatic heterocycles. The summed E-state index contributed by atoms with van der Waals surface area (Å²) >= 11 is 0. The van der Waals surface area contributed by atoms with Gasteiger partial charge in [-0.15, -0.1) is 0 Å². The normalized spacial score (nSPS) is 11.9. The third-order valence-corrected chi connectivity index (χ3v) is 1.97. The van der Waals surface area contributed by atoms with Gasteiger partial charge in [0, 0.05) is 0 Å². The van der Waals surface area contributed by atoms with E-state index >= 15 is 0 Å². The number of hydrogen-bond acceptors (Lipinski definition) is 4. The van der Waals surface area contributed by atoms with E-state index in [-0.39, 0.29) is 5.69 Å². The van der Waals surface area contributed by atoms with Crippen LogP contribution in [0.25, 0.3) is 5.65 Å². The molecule has 0 bridgehead atoms. The highest BCUT2D eigenvalue weighted by molar-refractivity contribution is 5.96. The minimum absolute atomic E-state index is 0.0747. The first-order chi connectivity index (χ1) is 7.80. The summed E-state index contributed by atoms with van der Waals surface area (Å²) in [7, 11) is 0. The molecule has 0 aliphatic rings. The Balaban J connectivity index is 2.84. The summed E-state index contributed by atoms with van der Waals surface area (Å²) in [6.07, 6.45) is -2.75. The van der Waals surface area contributed by atoms with Gasteiger partial charge < -0.3 is 10.8 Å². The number of carboxylic acid groups (broad SMARTS) is 1. The van der Waals surface area contributed by atoms with Crippen molar-refractivity contribution in [2.24, 2.45) is 0 Å². The first-order valence-electron chi connectivity index (χ1n) is 4.25. The smallest absolute Gasteiger partial charge is 0.436 e. The van der Waals surface area contributed by atoms with E-state index in [1.165, 1.54) is 0 Å². The van der Waals surface area contributed by atoms with Crippen LogP contribution in [0.4, 0.5) is 18.9 Å². The number of aromatic carboxylic acids is 1. The fraction of sp³-hybridized carbons (Fsp3) is 0.125. The summed E-state index contributed by atoms with van der Waals surface area (Å²) in [5.41, 5.74) is 2.50. The van der Waals surface area contributed by atoms with Crippen molar-refractivity contribution in [3.05, 3.63) is 23.7 Å². The van der Waals surface area contributed by atoms with Gasteiger partial charge in [0.05, 0.1) is 18.1 Å². The maximum atomic E-state index is 12.5. The molecule has 0 saturated heterocycles. The number of nitrogen functional groups attached to an aromatic ring is 1. The lowest BCUT2D eigenvalue weighted by atomic mass is 10.2. The molecule has 0 saturated carbocycles. The standard InChI is InChI=1S/C8H5F3N4O2/c9-8(10,11)5-4(7(16)17)6-13-1-3(12)2-15(6)14-5/h1-2H,12H2,(H,16,17). The highest BCUT2D eigenvalue weighted by Gasteiger charge is 2.40. The number of hydrogen-bond donors (Lipinski definition) is 2. The van der Waals surface area contributed by atoms with E-state index in [0.29, 0.717) is 4.52 Å². The Labute approximate surface area is 91.5 Å². The largest absolute Gasteiger partial charge is 0.477 e. The minimum Gasteiger partial charge on any atom is -0.477 e. The summed E-state index contributed by atoms with van der Waals surface area (Å²) in [6, 6.07) is 0. The highest BCUT2D eigenvalue weighted by Crippen LogP contribution is 2.32. The molecule has 0 spiro atoms. The van der Waals surface area contributed by atoms with Crippen LogP contribution in [-0.4, -0.2) is 25.7 Å². The molecule has 0 amide bonds. The zero-order chi connectivity index (χ0) is 12.8. The maximum Gasteiger partial charge on any atom is 0.436 e. The van der Waals surface area contributed by atoms with Gasteiger partial charge in [-0.1, -0.05) is 0 Å². The molecule has 2 aromatic heterocycles. The molecule has 0 radical (unpaired) electrons. The van der Waals surface area contributed by atoms with E-state index < -0.39 is 29.1 Å². The average molecular weight is 246 g/mol. The van der Waals surface area contributed by atoms with Gasteiger partial charge in [-0.3, -0.25) is 0 Å². The molecule has 0 atom stereocenters. The van der Waals surface area contributed by atoms with Crippen LogP contribution < -0.4 is 5.73 Å². The van der Waals surface area contributed by atoms with Crippen LogP contribution in [0.5, 0.6) is 0 Å². The zero-order valence-corrected chi connectivity index (χ0v) is 8.06. The molecule has 0 aromatic carbocycles. The van der Waals surface area contributed by atoms with Crippen LogP contribution in [-0.2, 0) is 6.18 Å². The van der Waals surface area contributed by atoms with E-state index in [0.717, 1.165) is 12.4 Å². The third-order valence-electron chi connectivity index (χ3n) is 1.97. The molecular formula is C8H5F3N4O2. The van der Waals surface area contributed by atoms with Gasteiger partial charge in [-0.25, -0.2) is 14.3 Å². The number of fused-ring (bicyclic) bond motifs is 1. The number of halogens is 3. The number of rotatable bonds is 1. The van der Waals surface area contributed by atoms with Crippen LogP contribution in [0.1, 0.15) is 16.1 Å². The predicted molar refractivity (Wildman–Crippen MR) is 49.4 cm³/mol. The summed E-state index contributed by atoms with van der Waals surface area (Å²) in [4.78, 5) is 14.3. The molecule has 0 unspecified atom stereocenters. The average Bonchev–Trinajstić information content (AvgIpc) is 2.55. The van der Waals surface area contributed by atoms with Crippen LogP contribution in [0, 0.1) is 0 Å². The number of carboxylic acids is 1. The van der Waals surface area contributed by atoms with Crippen LogP contribution in [0.3, 0.4) is 0 Å². The molecule has 17 heavy (non-hydrogen) atoms. The van der Waals surface area contributed by atoms with Gasteiger partial charge in [-0.05, 0) is 0 Å². The summed E-state index contributed by atoms with van der Waals surface area (Å²) in [5.74, 6) is -1.75. The summed E-state index contributed by atoms with van der Waals surface area (Å²) in [5, 5.41) is 11.9. The van der Waals surface area contributed by atoms with Crippen LogP contribution >= 0.6 is 0 Å². The molecule has 2 aromatic rings. The summed E-state index contributed by atoms with van der Waals surface area (Å²) in [6.45, 7) is 0. The fourth-order valence-corrected chi connectivity index (χ4v) is 1.34.